The second kappa shape index (κ2) is 4.01. The first-order chi connectivity index (χ1) is 5.65. The highest BCUT2D eigenvalue weighted by Crippen LogP contribution is 2.21. The average Bonchev–Trinajstić information content (AvgIpc) is 2.03. The van der Waals surface area contributed by atoms with E-state index in [1.165, 1.54) is 0 Å². The molecule has 1 heterocycles. The summed E-state index contributed by atoms with van der Waals surface area (Å²) in [7, 11) is 0. The lowest BCUT2D eigenvalue weighted by atomic mass is 10.1. The molecule has 0 unspecified atom stereocenters. The predicted octanol–water partition coefficient (Wildman–Crippen LogP) is 2.60. The normalized spacial score (nSPS) is 13.0. The zero-order valence-electron chi connectivity index (χ0n) is 7.21. The molecule has 1 rings (SSSR count). The lowest BCUT2D eigenvalue weighted by molar-refractivity contribution is 0.172. The Morgan fingerprint density at radius 3 is 2.83 bits per heavy atom. The fourth-order valence-electron chi connectivity index (χ4n) is 1.10. The van der Waals surface area contributed by atoms with Crippen LogP contribution in [0.1, 0.15) is 30.6 Å². The van der Waals surface area contributed by atoms with E-state index >= 15 is 0 Å². The van der Waals surface area contributed by atoms with Gasteiger partial charge in [-0.05, 0) is 40.9 Å². The molecule has 0 aliphatic carbocycles. The first-order valence-corrected chi connectivity index (χ1v) is 4.74. The fourth-order valence-corrected chi connectivity index (χ4v) is 1.55. The summed E-state index contributed by atoms with van der Waals surface area (Å²) in [5.41, 5.74) is 1.99. The molecule has 0 radical (unpaired) electrons. The maximum absolute atomic E-state index is 9.55. The lowest BCUT2D eigenvalue weighted by Gasteiger charge is -2.10. The number of hydrogen-bond donors (Lipinski definition) is 1. The van der Waals surface area contributed by atoms with Gasteiger partial charge in [0.1, 0.15) is 4.60 Å². The van der Waals surface area contributed by atoms with E-state index in [4.69, 9.17) is 0 Å². The van der Waals surface area contributed by atoms with Crippen LogP contribution in [0.15, 0.2) is 16.9 Å². The van der Waals surface area contributed by atoms with Crippen LogP contribution in [0.4, 0.5) is 0 Å². The van der Waals surface area contributed by atoms with Gasteiger partial charge in [0.15, 0.2) is 0 Å². The second-order valence-corrected chi connectivity index (χ2v) is 3.60. The van der Waals surface area contributed by atoms with Gasteiger partial charge in [-0.3, -0.25) is 0 Å². The van der Waals surface area contributed by atoms with Crippen LogP contribution in [0, 0.1) is 6.92 Å². The molecule has 0 aromatic carbocycles. The molecule has 1 aromatic rings. The van der Waals surface area contributed by atoms with Crippen LogP contribution in [0.2, 0.25) is 0 Å². The summed E-state index contributed by atoms with van der Waals surface area (Å²) in [6, 6.07) is 1.91. The Labute approximate surface area is 80.8 Å². The number of aryl methyl sites for hydroxylation is 1. The molecule has 1 N–H and O–H groups in total. The topological polar surface area (TPSA) is 33.1 Å². The average molecular weight is 230 g/mol. The first kappa shape index (κ1) is 9.68. The number of aliphatic hydroxyl groups excluding tert-OH is 1. The van der Waals surface area contributed by atoms with Gasteiger partial charge >= 0.3 is 0 Å². The summed E-state index contributed by atoms with van der Waals surface area (Å²) in [5.74, 6) is 0. The number of halogens is 1. The summed E-state index contributed by atoms with van der Waals surface area (Å²) in [6.45, 7) is 3.92. The summed E-state index contributed by atoms with van der Waals surface area (Å²) >= 11 is 3.27. The summed E-state index contributed by atoms with van der Waals surface area (Å²) < 4.78 is 0.812. The van der Waals surface area contributed by atoms with E-state index in [9.17, 15) is 5.11 Å². The van der Waals surface area contributed by atoms with Crippen molar-refractivity contribution in [2.45, 2.75) is 26.4 Å². The molecule has 0 saturated carbocycles. The zero-order chi connectivity index (χ0) is 9.14. The minimum absolute atomic E-state index is 0.384. The first-order valence-electron chi connectivity index (χ1n) is 3.95. The van der Waals surface area contributed by atoms with Gasteiger partial charge in [-0.15, -0.1) is 0 Å². The minimum atomic E-state index is -0.384. The number of aliphatic hydroxyl groups is 1. The van der Waals surface area contributed by atoms with Gasteiger partial charge < -0.3 is 5.11 Å². The van der Waals surface area contributed by atoms with E-state index < -0.39 is 0 Å². The van der Waals surface area contributed by atoms with Gasteiger partial charge in [-0.1, -0.05) is 6.92 Å². The van der Waals surface area contributed by atoms with Gasteiger partial charge in [0.25, 0.3) is 0 Å². The van der Waals surface area contributed by atoms with Crippen LogP contribution in [-0.2, 0) is 0 Å². The summed E-state index contributed by atoms with van der Waals surface area (Å²) in [4.78, 5) is 4.07. The van der Waals surface area contributed by atoms with E-state index in [1.54, 1.807) is 6.20 Å². The van der Waals surface area contributed by atoms with Crippen molar-refractivity contribution in [2.75, 3.05) is 0 Å². The van der Waals surface area contributed by atoms with Crippen molar-refractivity contribution < 1.29 is 5.11 Å². The van der Waals surface area contributed by atoms with Gasteiger partial charge in [0, 0.05) is 11.8 Å². The molecule has 0 aliphatic heterocycles. The second-order valence-electron chi connectivity index (χ2n) is 2.79. The molecule has 2 nitrogen and oxygen atoms in total. The van der Waals surface area contributed by atoms with Crippen molar-refractivity contribution in [1.82, 2.24) is 4.98 Å². The third kappa shape index (κ3) is 2.05. The van der Waals surface area contributed by atoms with Gasteiger partial charge in [0.2, 0.25) is 0 Å². The zero-order valence-corrected chi connectivity index (χ0v) is 8.80. The van der Waals surface area contributed by atoms with Crippen LogP contribution in [0.5, 0.6) is 0 Å². The minimum Gasteiger partial charge on any atom is -0.388 e. The third-order valence-electron chi connectivity index (χ3n) is 1.86. The number of pyridine rings is 1. The molecule has 66 valence electrons. The van der Waals surface area contributed by atoms with E-state index in [-0.39, 0.29) is 6.10 Å². The monoisotopic (exact) mass is 229 g/mol. The predicted molar refractivity (Wildman–Crippen MR) is 51.9 cm³/mol. The molecule has 0 fully saturated rings. The van der Waals surface area contributed by atoms with Crippen molar-refractivity contribution in [2.24, 2.45) is 0 Å². The van der Waals surface area contributed by atoms with Gasteiger partial charge in [0.05, 0.1) is 6.10 Å². The molecule has 3 heteroatoms. The Bertz CT molecular complexity index is 275. The maximum Gasteiger partial charge on any atom is 0.106 e. The van der Waals surface area contributed by atoms with E-state index in [2.05, 4.69) is 20.9 Å². The number of nitrogens with zero attached hydrogens (tertiary/aromatic N) is 1. The Balaban J connectivity index is 3.01. The van der Waals surface area contributed by atoms with Crippen molar-refractivity contribution in [3.05, 3.63) is 28.0 Å². The van der Waals surface area contributed by atoms with Crippen molar-refractivity contribution in [1.29, 1.82) is 0 Å². The van der Waals surface area contributed by atoms with Crippen LogP contribution in [0.3, 0.4) is 0 Å². The van der Waals surface area contributed by atoms with Crippen LogP contribution in [0.25, 0.3) is 0 Å². The SMILES string of the molecule is CC[C@@H](O)c1cnc(Br)cc1C. The Kier molecular flexibility index (Phi) is 3.23. The molecule has 12 heavy (non-hydrogen) atoms. The number of aromatic nitrogens is 1. The fraction of sp³-hybridized carbons (Fsp3) is 0.444. The molecule has 0 bridgehead atoms. The van der Waals surface area contributed by atoms with E-state index in [0.29, 0.717) is 0 Å². The highest BCUT2D eigenvalue weighted by molar-refractivity contribution is 9.10. The van der Waals surface area contributed by atoms with Crippen LogP contribution in [-0.4, -0.2) is 10.1 Å². The molecule has 1 aromatic heterocycles. The molecule has 0 amide bonds. The Morgan fingerprint density at radius 1 is 1.67 bits per heavy atom. The molecule has 0 spiro atoms. The smallest absolute Gasteiger partial charge is 0.106 e. The molecule has 1 atom stereocenters. The molecular formula is C9H12BrNO. The van der Waals surface area contributed by atoms with E-state index in [0.717, 1.165) is 22.2 Å². The maximum atomic E-state index is 9.55. The highest BCUT2D eigenvalue weighted by Gasteiger charge is 2.08. The van der Waals surface area contributed by atoms with Crippen LogP contribution >= 0.6 is 15.9 Å². The van der Waals surface area contributed by atoms with Crippen molar-refractivity contribution in [3.63, 3.8) is 0 Å². The largest absolute Gasteiger partial charge is 0.388 e. The lowest BCUT2D eigenvalue weighted by Crippen LogP contribution is -1.99. The Hall–Kier alpha value is -0.410. The third-order valence-corrected chi connectivity index (χ3v) is 2.30. The van der Waals surface area contributed by atoms with Gasteiger partial charge in [-0.25, -0.2) is 4.98 Å². The number of hydrogen-bond acceptors (Lipinski definition) is 2. The van der Waals surface area contributed by atoms with Gasteiger partial charge in [-0.2, -0.15) is 0 Å². The Morgan fingerprint density at radius 2 is 2.33 bits per heavy atom. The van der Waals surface area contributed by atoms with E-state index in [1.807, 2.05) is 19.9 Å². The summed E-state index contributed by atoms with van der Waals surface area (Å²) in [5, 5.41) is 9.55. The quantitative estimate of drug-likeness (QED) is 0.792. The van der Waals surface area contributed by atoms with Crippen LogP contribution < -0.4 is 0 Å². The van der Waals surface area contributed by atoms with Crippen molar-refractivity contribution >= 4 is 15.9 Å². The molecule has 0 saturated heterocycles. The highest BCUT2D eigenvalue weighted by atomic mass is 79.9. The standard InChI is InChI=1S/C9H12BrNO/c1-3-8(12)7-5-11-9(10)4-6(7)2/h4-5,8,12H,3H2,1-2H3/t8-/m1/s1. The molecule has 0 aliphatic rings. The molecular weight excluding hydrogens is 218 g/mol. The van der Waals surface area contributed by atoms with Crippen molar-refractivity contribution in [3.8, 4) is 0 Å². The number of rotatable bonds is 2. The summed E-state index contributed by atoms with van der Waals surface area (Å²) in [6.07, 6.45) is 2.06.